The lowest BCUT2D eigenvalue weighted by atomic mass is 9.87. The first kappa shape index (κ1) is 18.6. The number of rotatable bonds is 5. The lowest BCUT2D eigenvalue weighted by Gasteiger charge is -2.26. The highest BCUT2D eigenvalue weighted by Gasteiger charge is 2.20. The number of aromatic nitrogens is 4. The van der Waals surface area contributed by atoms with Crippen molar-refractivity contribution in [1.82, 2.24) is 19.7 Å². The second kappa shape index (κ2) is 8.06. The zero-order chi connectivity index (χ0) is 19.5. The van der Waals surface area contributed by atoms with Gasteiger partial charge in [-0.1, -0.05) is 12.1 Å². The van der Waals surface area contributed by atoms with Crippen molar-refractivity contribution in [1.29, 1.82) is 0 Å². The Labute approximate surface area is 163 Å². The summed E-state index contributed by atoms with van der Waals surface area (Å²) in [7, 11) is 0. The van der Waals surface area contributed by atoms with Crippen LogP contribution in [0.4, 0.5) is 4.39 Å². The first-order valence-corrected chi connectivity index (χ1v) is 9.60. The van der Waals surface area contributed by atoms with Crippen LogP contribution in [-0.4, -0.2) is 32.4 Å². The Kier molecular flexibility index (Phi) is 5.34. The van der Waals surface area contributed by atoms with Crippen molar-refractivity contribution in [3.05, 3.63) is 54.5 Å². The van der Waals surface area contributed by atoms with E-state index in [0.717, 1.165) is 36.8 Å². The molecule has 1 aliphatic rings. The van der Waals surface area contributed by atoms with E-state index in [1.54, 1.807) is 24.7 Å². The van der Waals surface area contributed by atoms with Crippen LogP contribution in [0.5, 0.6) is 5.75 Å². The SMILES string of the molecule is Cc1cccc(F)c1-n1cc(-c2ncncc2OC[C@H]2CC[C@@H](N)CC2)cn1. The summed E-state index contributed by atoms with van der Waals surface area (Å²) < 4.78 is 21.8. The first-order valence-electron chi connectivity index (χ1n) is 9.60. The number of hydrogen-bond donors (Lipinski definition) is 1. The number of benzene rings is 1. The molecule has 4 rings (SSSR count). The summed E-state index contributed by atoms with van der Waals surface area (Å²) in [5.41, 5.74) is 8.63. The Morgan fingerprint density at radius 1 is 1.21 bits per heavy atom. The van der Waals surface area contributed by atoms with Crippen molar-refractivity contribution >= 4 is 0 Å². The van der Waals surface area contributed by atoms with Gasteiger partial charge in [-0.2, -0.15) is 5.10 Å². The number of aryl methyl sites for hydroxylation is 1. The fourth-order valence-corrected chi connectivity index (χ4v) is 3.68. The topological polar surface area (TPSA) is 78.8 Å². The highest BCUT2D eigenvalue weighted by molar-refractivity contribution is 5.64. The van der Waals surface area contributed by atoms with E-state index in [1.807, 2.05) is 13.0 Å². The molecule has 0 spiro atoms. The Morgan fingerprint density at radius 3 is 2.82 bits per heavy atom. The van der Waals surface area contributed by atoms with Crippen LogP contribution in [-0.2, 0) is 0 Å². The quantitative estimate of drug-likeness (QED) is 0.729. The molecular weight excluding hydrogens is 357 g/mol. The third-order valence-electron chi connectivity index (χ3n) is 5.32. The van der Waals surface area contributed by atoms with E-state index in [2.05, 4.69) is 15.1 Å². The largest absolute Gasteiger partial charge is 0.489 e. The maximum absolute atomic E-state index is 14.3. The van der Waals surface area contributed by atoms with E-state index in [0.29, 0.717) is 35.7 Å². The molecule has 3 aromatic rings. The molecule has 0 bridgehead atoms. The minimum atomic E-state index is -0.315. The van der Waals surface area contributed by atoms with Gasteiger partial charge >= 0.3 is 0 Å². The summed E-state index contributed by atoms with van der Waals surface area (Å²) in [6.07, 6.45) is 10.8. The average molecular weight is 381 g/mol. The molecule has 146 valence electrons. The van der Waals surface area contributed by atoms with Crippen molar-refractivity contribution in [2.75, 3.05) is 6.61 Å². The summed E-state index contributed by atoms with van der Waals surface area (Å²) >= 11 is 0. The third-order valence-corrected chi connectivity index (χ3v) is 5.32. The first-order chi connectivity index (χ1) is 13.6. The summed E-state index contributed by atoms with van der Waals surface area (Å²) in [4.78, 5) is 8.47. The molecule has 0 amide bonds. The molecule has 1 aliphatic carbocycles. The maximum Gasteiger partial charge on any atom is 0.163 e. The highest BCUT2D eigenvalue weighted by atomic mass is 19.1. The van der Waals surface area contributed by atoms with Gasteiger partial charge in [0.05, 0.1) is 19.0 Å². The van der Waals surface area contributed by atoms with Crippen LogP contribution < -0.4 is 10.5 Å². The molecule has 1 aromatic carbocycles. The molecule has 1 fully saturated rings. The van der Waals surface area contributed by atoms with Gasteiger partial charge in [0.2, 0.25) is 0 Å². The Morgan fingerprint density at radius 2 is 2.04 bits per heavy atom. The summed E-state index contributed by atoms with van der Waals surface area (Å²) in [5.74, 6) is 0.795. The van der Waals surface area contributed by atoms with Crippen molar-refractivity contribution < 1.29 is 9.13 Å². The zero-order valence-electron chi connectivity index (χ0n) is 15.9. The van der Waals surface area contributed by atoms with Crippen molar-refractivity contribution in [3.8, 4) is 22.7 Å². The van der Waals surface area contributed by atoms with E-state index in [9.17, 15) is 4.39 Å². The molecule has 28 heavy (non-hydrogen) atoms. The number of nitrogens with zero attached hydrogens (tertiary/aromatic N) is 4. The molecule has 7 heteroatoms. The summed E-state index contributed by atoms with van der Waals surface area (Å²) in [6.45, 7) is 2.47. The molecule has 2 aromatic heterocycles. The monoisotopic (exact) mass is 381 g/mol. The van der Waals surface area contributed by atoms with Gasteiger partial charge in [0.15, 0.2) is 5.75 Å². The minimum Gasteiger partial charge on any atom is -0.489 e. The fraction of sp³-hybridized carbons (Fsp3) is 0.381. The number of nitrogens with two attached hydrogens (primary N) is 1. The van der Waals surface area contributed by atoms with Gasteiger partial charge in [0, 0.05) is 17.8 Å². The number of halogens is 1. The van der Waals surface area contributed by atoms with E-state index in [1.165, 1.54) is 17.1 Å². The van der Waals surface area contributed by atoms with E-state index >= 15 is 0 Å². The van der Waals surface area contributed by atoms with Gasteiger partial charge in [-0.05, 0) is 50.2 Å². The number of ether oxygens (including phenoxy) is 1. The van der Waals surface area contributed by atoms with Gasteiger partial charge in [-0.15, -0.1) is 0 Å². The highest BCUT2D eigenvalue weighted by Crippen LogP contribution is 2.30. The van der Waals surface area contributed by atoms with Crippen molar-refractivity contribution in [2.24, 2.45) is 11.7 Å². The second-order valence-corrected chi connectivity index (χ2v) is 7.41. The molecule has 1 saturated carbocycles. The third kappa shape index (κ3) is 3.89. The van der Waals surface area contributed by atoms with Gasteiger partial charge in [0.1, 0.15) is 23.5 Å². The molecule has 0 aliphatic heterocycles. The van der Waals surface area contributed by atoms with Gasteiger partial charge < -0.3 is 10.5 Å². The van der Waals surface area contributed by atoms with Crippen LogP contribution >= 0.6 is 0 Å². The standard InChI is InChI=1S/C21H24FN5O/c1-14-3-2-4-18(22)21(14)27-11-16(9-26-27)20-19(10-24-13-25-20)28-12-15-5-7-17(23)8-6-15/h2-4,9-11,13,15,17H,5-8,12,23H2,1H3/t15-,17+. The number of hydrogen-bond acceptors (Lipinski definition) is 5. The van der Waals surface area contributed by atoms with Crippen LogP contribution in [0.2, 0.25) is 0 Å². The van der Waals surface area contributed by atoms with E-state index in [4.69, 9.17) is 10.5 Å². The molecule has 6 nitrogen and oxygen atoms in total. The predicted octanol–water partition coefficient (Wildman–Crippen LogP) is 3.67. The summed E-state index contributed by atoms with van der Waals surface area (Å²) in [5, 5.41) is 4.33. The van der Waals surface area contributed by atoms with Crippen LogP contribution in [0.25, 0.3) is 16.9 Å². The van der Waals surface area contributed by atoms with Crippen LogP contribution in [0.3, 0.4) is 0 Å². The van der Waals surface area contributed by atoms with Crippen molar-refractivity contribution in [2.45, 2.75) is 38.6 Å². The Bertz CT molecular complexity index is 929. The maximum atomic E-state index is 14.3. The van der Waals surface area contributed by atoms with Crippen molar-refractivity contribution in [3.63, 3.8) is 0 Å². The minimum absolute atomic E-state index is 0.315. The normalized spacial score (nSPS) is 19.5. The van der Waals surface area contributed by atoms with Crippen LogP contribution in [0.15, 0.2) is 43.1 Å². The van der Waals surface area contributed by atoms with Gasteiger partial charge in [-0.25, -0.2) is 19.0 Å². The van der Waals surface area contributed by atoms with E-state index in [-0.39, 0.29) is 5.82 Å². The Hall–Kier alpha value is -2.80. The lowest BCUT2D eigenvalue weighted by Crippen LogP contribution is -2.28. The molecular formula is C21H24FN5O. The van der Waals surface area contributed by atoms with Gasteiger partial charge in [0.25, 0.3) is 0 Å². The predicted molar refractivity (Wildman–Crippen MR) is 105 cm³/mol. The smallest absolute Gasteiger partial charge is 0.163 e. The fourth-order valence-electron chi connectivity index (χ4n) is 3.68. The molecule has 0 unspecified atom stereocenters. The molecule has 0 saturated heterocycles. The summed E-state index contributed by atoms with van der Waals surface area (Å²) in [6, 6.07) is 5.29. The molecule has 2 heterocycles. The second-order valence-electron chi connectivity index (χ2n) is 7.41. The zero-order valence-corrected chi connectivity index (χ0v) is 15.9. The van der Waals surface area contributed by atoms with Crippen LogP contribution in [0.1, 0.15) is 31.2 Å². The van der Waals surface area contributed by atoms with Crippen LogP contribution in [0, 0.1) is 18.7 Å². The molecule has 0 atom stereocenters. The number of para-hydroxylation sites is 1. The van der Waals surface area contributed by atoms with E-state index < -0.39 is 0 Å². The van der Waals surface area contributed by atoms with Gasteiger partial charge in [-0.3, -0.25) is 0 Å². The Balaban J connectivity index is 1.55. The average Bonchev–Trinajstić information content (AvgIpc) is 3.17. The molecule has 0 radical (unpaired) electrons. The molecule has 2 N–H and O–H groups in total. The lowest BCUT2D eigenvalue weighted by molar-refractivity contribution is 0.200.